The van der Waals surface area contributed by atoms with Gasteiger partial charge in [0.1, 0.15) is 11.4 Å². The van der Waals surface area contributed by atoms with Crippen LogP contribution in [0.25, 0.3) is 16.2 Å². The number of fused-ring (bicyclic) bond motifs is 1. The van der Waals surface area contributed by atoms with Gasteiger partial charge in [0.15, 0.2) is 4.96 Å². The summed E-state index contributed by atoms with van der Waals surface area (Å²) < 4.78 is 14.6. The number of rotatable bonds is 3. The van der Waals surface area contributed by atoms with Crippen molar-refractivity contribution in [1.29, 1.82) is 0 Å². The molecular formula is C20H14FN3O2S. The Kier molecular flexibility index (Phi) is 4.29. The summed E-state index contributed by atoms with van der Waals surface area (Å²) in [6, 6.07) is 13.1. The monoisotopic (exact) mass is 379 g/mol. The maximum absolute atomic E-state index is 13.2. The Hall–Kier alpha value is -3.32. The Morgan fingerprint density at radius 1 is 1.19 bits per heavy atom. The summed E-state index contributed by atoms with van der Waals surface area (Å²) in [4.78, 5) is 30.2. The number of halogens is 1. The Balaban J connectivity index is 1.77. The Morgan fingerprint density at radius 2 is 1.96 bits per heavy atom. The number of nitrogens with one attached hydrogen (secondary N) is 1. The van der Waals surface area contributed by atoms with Gasteiger partial charge in [0, 0.05) is 17.3 Å². The zero-order valence-corrected chi connectivity index (χ0v) is 15.1. The Morgan fingerprint density at radius 3 is 2.70 bits per heavy atom. The number of nitrogens with zero attached hydrogens (tertiary/aromatic N) is 2. The van der Waals surface area contributed by atoms with Gasteiger partial charge in [-0.1, -0.05) is 12.1 Å². The molecule has 1 N–H and O–H groups in total. The summed E-state index contributed by atoms with van der Waals surface area (Å²) in [6.07, 6.45) is 1.29. The number of benzene rings is 2. The molecule has 134 valence electrons. The molecule has 0 bridgehead atoms. The third-order valence-electron chi connectivity index (χ3n) is 4.11. The summed E-state index contributed by atoms with van der Waals surface area (Å²) in [5.74, 6) is -0.884. The minimum absolute atomic E-state index is 0.0595. The maximum Gasteiger partial charge on any atom is 0.271 e. The van der Waals surface area contributed by atoms with E-state index in [2.05, 4.69) is 10.3 Å². The van der Waals surface area contributed by atoms with Gasteiger partial charge >= 0.3 is 0 Å². The van der Waals surface area contributed by atoms with E-state index in [-0.39, 0.29) is 11.4 Å². The average Bonchev–Trinajstić information content (AvgIpc) is 3.07. The van der Waals surface area contributed by atoms with Crippen LogP contribution < -0.4 is 10.9 Å². The van der Waals surface area contributed by atoms with Crippen LogP contribution in [0.2, 0.25) is 0 Å². The molecule has 0 atom stereocenters. The fourth-order valence-electron chi connectivity index (χ4n) is 2.79. The summed E-state index contributed by atoms with van der Waals surface area (Å²) in [5.41, 5.74) is 2.31. The van der Waals surface area contributed by atoms with Crippen molar-refractivity contribution in [2.24, 2.45) is 0 Å². The molecule has 0 fully saturated rings. The number of aromatic nitrogens is 2. The Labute approximate surface area is 157 Å². The van der Waals surface area contributed by atoms with Crippen LogP contribution in [-0.4, -0.2) is 15.3 Å². The van der Waals surface area contributed by atoms with Gasteiger partial charge < -0.3 is 5.32 Å². The molecule has 0 aliphatic carbocycles. The number of carbonyl (C=O) groups is 1. The second-order valence-electron chi connectivity index (χ2n) is 6.05. The zero-order valence-electron chi connectivity index (χ0n) is 14.3. The molecule has 4 rings (SSSR count). The highest BCUT2D eigenvalue weighted by molar-refractivity contribution is 7.15. The van der Waals surface area contributed by atoms with E-state index in [0.29, 0.717) is 21.9 Å². The van der Waals surface area contributed by atoms with Crippen LogP contribution in [0.5, 0.6) is 0 Å². The smallest absolute Gasteiger partial charge is 0.271 e. The second-order valence-corrected chi connectivity index (χ2v) is 6.88. The van der Waals surface area contributed by atoms with Gasteiger partial charge in [-0.25, -0.2) is 9.37 Å². The lowest BCUT2D eigenvalue weighted by molar-refractivity contribution is 0.102. The van der Waals surface area contributed by atoms with Gasteiger partial charge in [-0.15, -0.1) is 11.3 Å². The van der Waals surface area contributed by atoms with Crippen LogP contribution in [-0.2, 0) is 0 Å². The second kappa shape index (κ2) is 6.77. The van der Waals surface area contributed by atoms with E-state index < -0.39 is 11.5 Å². The third-order valence-corrected chi connectivity index (χ3v) is 4.95. The van der Waals surface area contributed by atoms with Gasteiger partial charge in [-0.05, 0) is 54.4 Å². The van der Waals surface area contributed by atoms with E-state index in [9.17, 15) is 14.0 Å². The van der Waals surface area contributed by atoms with Crippen LogP contribution in [0.3, 0.4) is 0 Å². The fourth-order valence-corrected chi connectivity index (χ4v) is 3.65. The summed E-state index contributed by atoms with van der Waals surface area (Å²) >= 11 is 1.28. The number of hydrogen-bond acceptors (Lipinski definition) is 4. The van der Waals surface area contributed by atoms with Gasteiger partial charge in [0.2, 0.25) is 0 Å². The number of thiazole rings is 1. The van der Waals surface area contributed by atoms with Crippen molar-refractivity contribution in [3.63, 3.8) is 0 Å². The van der Waals surface area contributed by atoms with E-state index in [1.54, 1.807) is 23.6 Å². The molecule has 2 aromatic heterocycles. The van der Waals surface area contributed by atoms with Crippen molar-refractivity contribution in [2.75, 3.05) is 5.32 Å². The number of carbonyl (C=O) groups excluding carboxylic acids is 1. The molecule has 0 saturated carbocycles. The first-order valence-electron chi connectivity index (χ1n) is 8.16. The molecule has 0 radical (unpaired) electrons. The van der Waals surface area contributed by atoms with Crippen molar-refractivity contribution >= 4 is 27.9 Å². The molecule has 5 nitrogen and oxygen atoms in total. The van der Waals surface area contributed by atoms with Crippen molar-refractivity contribution < 1.29 is 9.18 Å². The van der Waals surface area contributed by atoms with Gasteiger partial charge in [-0.3, -0.25) is 14.0 Å². The summed E-state index contributed by atoms with van der Waals surface area (Å²) in [6.45, 7) is 1.92. The lowest BCUT2D eigenvalue weighted by Crippen LogP contribution is -2.26. The molecule has 4 aromatic rings. The lowest BCUT2D eigenvalue weighted by Gasteiger charge is -2.07. The van der Waals surface area contributed by atoms with Crippen LogP contribution in [0, 0.1) is 12.7 Å². The van der Waals surface area contributed by atoms with Gasteiger partial charge in [0.05, 0.1) is 5.69 Å². The van der Waals surface area contributed by atoms with Crippen LogP contribution in [0.15, 0.2) is 64.9 Å². The van der Waals surface area contributed by atoms with Crippen molar-refractivity contribution in [2.45, 2.75) is 6.92 Å². The predicted molar refractivity (Wildman–Crippen MR) is 104 cm³/mol. The molecule has 0 unspecified atom stereocenters. The molecule has 1 amide bonds. The van der Waals surface area contributed by atoms with Crippen molar-refractivity contribution in [3.05, 3.63) is 87.4 Å². The molecule has 7 heteroatoms. The van der Waals surface area contributed by atoms with Crippen LogP contribution in [0.4, 0.5) is 10.1 Å². The van der Waals surface area contributed by atoms with E-state index in [0.717, 1.165) is 5.56 Å². The molecule has 2 aromatic carbocycles. The molecule has 2 heterocycles. The van der Waals surface area contributed by atoms with E-state index in [4.69, 9.17) is 0 Å². The molecule has 0 spiro atoms. The van der Waals surface area contributed by atoms with Crippen molar-refractivity contribution in [3.8, 4) is 11.3 Å². The molecule has 27 heavy (non-hydrogen) atoms. The molecular weight excluding hydrogens is 365 g/mol. The molecule has 0 aliphatic rings. The predicted octanol–water partition coefficient (Wildman–Crippen LogP) is 4.12. The SMILES string of the molecule is Cc1cccc(NC(=O)c2cnc3scc(-c4ccc(F)cc4)n3c2=O)c1. The van der Waals surface area contributed by atoms with Gasteiger partial charge in [-0.2, -0.15) is 0 Å². The standard InChI is InChI=1S/C20H14FN3O2S/c1-12-3-2-4-15(9-12)23-18(25)16-10-22-20-24(19(16)26)17(11-27-20)13-5-7-14(21)8-6-13/h2-11H,1H3,(H,23,25). The fraction of sp³-hybridized carbons (Fsp3) is 0.0500. The minimum Gasteiger partial charge on any atom is -0.322 e. The first-order valence-corrected chi connectivity index (χ1v) is 9.04. The van der Waals surface area contributed by atoms with E-state index >= 15 is 0 Å². The van der Waals surface area contributed by atoms with E-state index in [1.807, 2.05) is 25.1 Å². The third kappa shape index (κ3) is 3.24. The number of hydrogen-bond donors (Lipinski definition) is 1. The summed E-state index contributed by atoms with van der Waals surface area (Å²) in [5, 5.41) is 4.49. The highest BCUT2D eigenvalue weighted by atomic mass is 32.1. The van der Waals surface area contributed by atoms with E-state index in [1.165, 1.54) is 34.1 Å². The van der Waals surface area contributed by atoms with Crippen molar-refractivity contribution in [1.82, 2.24) is 9.38 Å². The van der Waals surface area contributed by atoms with Crippen LogP contribution in [0.1, 0.15) is 15.9 Å². The van der Waals surface area contributed by atoms with Gasteiger partial charge in [0.25, 0.3) is 11.5 Å². The normalized spacial score (nSPS) is 10.9. The highest BCUT2D eigenvalue weighted by Gasteiger charge is 2.17. The lowest BCUT2D eigenvalue weighted by atomic mass is 10.1. The number of amides is 1. The maximum atomic E-state index is 13.2. The first-order chi connectivity index (χ1) is 13.0. The topological polar surface area (TPSA) is 63.5 Å². The molecule has 0 saturated heterocycles. The zero-order chi connectivity index (χ0) is 19.0. The minimum atomic E-state index is -0.524. The quantitative estimate of drug-likeness (QED) is 0.582. The average molecular weight is 379 g/mol. The largest absolute Gasteiger partial charge is 0.322 e. The summed E-state index contributed by atoms with van der Waals surface area (Å²) in [7, 11) is 0. The first kappa shape index (κ1) is 17.1. The number of anilines is 1. The van der Waals surface area contributed by atoms with Crippen LogP contribution >= 0.6 is 11.3 Å². The molecule has 0 aliphatic heterocycles. The Bertz CT molecular complexity index is 1210. The highest BCUT2D eigenvalue weighted by Crippen LogP contribution is 2.24. The number of aryl methyl sites for hydroxylation is 1.